The summed E-state index contributed by atoms with van der Waals surface area (Å²) >= 11 is 6.19. The van der Waals surface area contributed by atoms with Crippen LogP contribution in [0.2, 0.25) is 5.02 Å². The Balaban J connectivity index is 1.66. The average molecular weight is 360 g/mol. The topological polar surface area (TPSA) is 21.3 Å². The minimum Gasteiger partial charge on any atom is -0.494 e. The van der Waals surface area contributed by atoms with Gasteiger partial charge in [-0.2, -0.15) is 0 Å². The van der Waals surface area contributed by atoms with Gasteiger partial charge < -0.3 is 10.1 Å². The van der Waals surface area contributed by atoms with Crippen LogP contribution >= 0.6 is 11.6 Å². The van der Waals surface area contributed by atoms with E-state index in [1.165, 1.54) is 31.2 Å². The summed E-state index contributed by atoms with van der Waals surface area (Å²) in [6, 6.07) is 16.3. The lowest BCUT2D eigenvalue weighted by Gasteiger charge is -2.10. The SMILES string of the molecule is CCCCCCCOc1cccc(NCCCc2ccccc2Cl)c1. The van der Waals surface area contributed by atoms with E-state index in [1.54, 1.807) is 0 Å². The van der Waals surface area contributed by atoms with Gasteiger partial charge in [0.1, 0.15) is 5.75 Å². The maximum Gasteiger partial charge on any atom is 0.121 e. The van der Waals surface area contributed by atoms with Crippen molar-refractivity contribution >= 4 is 17.3 Å². The van der Waals surface area contributed by atoms with Crippen molar-refractivity contribution in [1.29, 1.82) is 0 Å². The van der Waals surface area contributed by atoms with E-state index in [-0.39, 0.29) is 0 Å². The van der Waals surface area contributed by atoms with E-state index in [0.717, 1.165) is 48.9 Å². The minimum atomic E-state index is 0.805. The van der Waals surface area contributed by atoms with E-state index in [2.05, 4.69) is 30.4 Å². The summed E-state index contributed by atoms with van der Waals surface area (Å²) in [7, 11) is 0. The lowest BCUT2D eigenvalue weighted by Crippen LogP contribution is -2.04. The highest BCUT2D eigenvalue weighted by Gasteiger charge is 2.00. The van der Waals surface area contributed by atoms with Gasteiger partial charge in [-0.25, -0.2) is 0 Å². The number of hydrogen-bond acceptors (Lipinski definition) is 2. The molecular weight excluding hydrogens is 330 g/mol. The first kappa shape index (κ1) is 19.7. The first-order valence-corrected chi connectivity index (χ1v) is 9.87. The van der Waals surface area contributed by atoms with Crippen molar-refractivity contribution in [3.63, 3.8) is 0 Å². The highest BCUT2D eigenvalue weighted by atomic mass is 35.5. The van der Waals surface area contributed by atoms with E-state index in [9.17, 15) is 0 Å². The third-order valence-corrected chi connectivity index (χ3v) is 4.63. The number of rotatable bonds is 12. The van der Waals surface area contributed by atoms with Crippen molar-refractivity contribution in [2.24, 2.45) is 0 Å². The van der Waals surface area contributed by atoms with Gasteiger partial charge in [0.25, 0.3) is 0 Å². The molecule has 2 aromatic rings. The van der Waals surface area contributed by atoms with Crippen molar-refractivity contribution in [3.05, 3.63) is 59.1 Å². The number of nitrogens with one attached hydrogen (secondary N) is 1. The van der Waals surface area contributed by atoms with Crippen molar-refractivity contribution in [2.75, 3.05) is 18.5 Å². The molecular formula is C22H30ClNO. The molecule has 0 atom stereocenters. The van der Waals surface area contributed by atoms with Gasteiger partial charge in [-0.15, -0.1) is 0 Å². The Morgan fingerprint density at radius 1 is 0.920 bits per heavy atom. The van der Waals surface area contributed by atoms with Crippen LogP contribution in [0.5, 0.6) is 5.75 Å². The maximum absolute atomic E-state index is 6.19. The molecule has 136 valence electrons. The summed E-state index contributed by atoms with van der Waals surface area (Å²) in [5, 5.41) is 4.33. The van der Waals surface area contributed by atoms with Crippen LogP contribution in [0.4, 0.5) is 5.69 Å². The Labute approximate surface area is 157 Å². The zero-order valence-electron chi connectivity index (χ0n) is 15.3. The van der Waals surface area contributed by atoms with Gasteiger partial charge in [0, 0.05) is 23.3 Å². The summed E-state index contributed by atoms with van der Waals surface area (Å²) in [6.07, 6.45) is 8.35. The normalized spacial score (nSPS) is 10.6. The van der Waals surface area contributed by atoms with Crippen molar-refractivity contribution in [1.82, 2.24) is 0 Å². The fourth-order valence-corrected chi connectivity index (χ4v) is 3.03. The van der Waals surface area contributed by atoms with E-state index in [0.29, 0.717) is 0 Å². The summed E-state index contributed by atoms with van der Waals surface area (Å²) in [5.41, 5.74) is 2.33. The molecule has 0 aliphatic carbocycles. The Hall–Kier alpha value is -1.67. The third-order valence-electron chi connectivity index (χ3n) is 4.26. The Morgan fingerprint density at radius 2 is 1.76 bits per heavy atom. The predicted molar refractivity (Wildman–Crippen MR) is 109 cm³/mol. The number of halogens is 1. The molecule has 2 rings (SSSR count). The van der Waals surface area contributed by atoms with E-state index < -0.39 is 0 Å². The van der Waals surface area contributed by atoms with E-state index in [1.807, 2.05) is 30.3 Å². The fourth-order valence-electron chi connectivity index (χ4n) is 2.80. The first-order chi connectivity index (χ1) is 12.3. The van der Waals surface area contributed by atoms with Crippen LogP contribution in [0.15, 0.2) is 48.5 Å². The van der Waals surface area contributed by atoms with E-state index in [4.69, 9.17) is 16.3 Å². The number of hydrogen-bond donors (Lipinski definition) is 1. The molecule has 0 aliphatic rings. The Kier molecular flexibility index (Phi) is 9.28. The van der Waals surface area contributed by atoms with Gasteiger partial charge in [0.15, 0.2) is 0 Å². The van der Waals surface area contributed by atoms with Gasteiger partial charge in [-0.1, -0.05) is 68.5 Å². The quantitative estimate of drug-likeness (QED) is 0.424. The lowest BCUT2D eigenvalue weighted by molar-refractivity contribution is 0.304. The monoisotopic (exact) mass is 359 g/mol. The molecule has 0 aromatic heterocycles. The summed E-state index contributed by atoms with van der Waals surface area (Å²) in [4.78, 5) is 0. The maximum atomic E-state index is 6.19. The fraction of sp³-hybridized carbons (Fsp3) is 0.455. The van der Waals surface area contributed by atoms with Crippen LogP contribution in [0.25, 0.3) is 0 Å². The minimum absolute atomic E-state index is 0.805. The third kappa shape index (κ3) is 7.83. The molecule has 0 fully saturated rings. The summed E-state index contributed by atoms with van der Waals surface area (Å²) < 4.78 is 5.86. The molecule has 0 radical (unpaired) electrons. The zero-order valence-corrected chi connectivity index (χ0v) is 16.0. The van der Waals surface area contributed by atoms with Crippen molar-refractivity contribution in [3.8, 4) is 5.75 Å². The molecule has 0 saturated heterocycles. The zero-order chi connectivity index (χ0) is 17.7. The van der Waals surface area contributed by atoms with Crippen LogP contribution in [0.3, 0.4) is 0 Å². The van der Waals surface area contributed by atoms with E-state index >= 15 is 0 Å². The summed E-state index contributed by atoms with van der Waals surface area (Å²) in [6.45, 7) is 3.97. The van der Waals surface area contributed by atoms with Crippen LogP contribution in [0, 0.1) is 0 Å². The highest BCUT2D eigenvalue weighted by molar-refractivity contribution is 6.31. The number of benzene rings is 2. The molecule has 0 bridgehead atoms. The number of anilines is 1. The molecule has 1 N–H and O–H groups in total. The lowest BCUT2D eigenvalue weighted by atomic mass is 10.1. The molecule has 0 unspecified atom stereocenters. The number of ether oxygens (including phenoxy) is 1. The van der Waals surface area contributed by atoms with Gasteiger partial charge in [-0.3, -0.25) is 0 Å². The van der Waals surface area contributed by atoms with Gasteiger partial charge in [0.2, 0.25) is 0 Å². The highest BCUT2D eigenvalue weighted by Crippen LogP contribution is 2.19. The van der Waals surface area contributed by atoms with Crippen LogP contribution < -0.4 is 10.1 Å². The molecule has 2 aromatic carbocycles. The smallest absolute Gasteiger partial charge is 0.121 e. The van der Waals surface area contributed by atoms with Crippen LogP contribution in [0.1, 0.15) is 51.0 Å². The summed E-state index contributed by atoms with van der Waals surface area (Å²) in [5.74, 6) is 0.951. The second-order valence-electron chi connectivity index (χ2n) is 6.41. The molecule has 0 amide bonds. The molecule has 3 heteroatoms. The van der Waals surface area contributed by atoms with Gasteiger partial charge in [-0.05, 0) is 43.0 Å². The second kappa shape index (κ2) is 11.8. The molecule has 0 aliphatic heterocycles. The van der Waals surface area contributed by atoms with Gasteiger partial charge in [0.05, 0.1) is 6.61 Å². The molecule has 2 nitrogen and oxygen atoms in total. The van der Waals surface area contributed by atoms with Crippen molar-refractivity contribution < 1.29 is 4.74 Å². The average Bonchev–Trinajstić information content (AvgIpc) is 2.63. The van der Waals surface area contributed by atoms with Crippen molar-refractivity contribution in [2.45, 2.75) is 51.9 Å². The Bertz CT molecular complexity index is 614. The number of aryl methyl sites for hydroxylation is 1. The first-order valence-electron chi connectivity index (χ1n) is 9.49. The molecule has 0 saturated carbocycles. The second-order valence-corrected chi connectivity index (χ2v) is 6.82. The predicted octanol–water partition coefficient (Wildman–Crippen LogP) is 6.73. The molecule has 25 heavy (non-hydrogen) atoms. The molecule has 0 spiro atoms. The largest absolute Gasteiger partial charge is 0.494 e. The van der Waals surface area contributed by atoms with Crippen LogP contribution in [-0.4, -0.2) is 13.2 Å². The number of unbranched alkanes of at least 4 members (excludes halogenated alkanes) is 4. The van der Waals surface area contributed by atoms with Crippen LogP contribution in [-0.2, 0) is 6.42 Å². The Morgan fingerprint density at radius 3 is 2.60 bits per heavy atom. The molecule has 0 heterocycles. The van der Waals surface area contributed by atoms with Gasteiger partial charge >= 0.3 is 0 Å². The standard InChI is InChI=1S/C22H30ClNO/c1-2-3-4-5-8-17-25-21-14-9-13-20(18-21)24-16-10-12-19-11-6-7-15-22(19)23/h6-7,9,11,13-15,18,24H,2-5,8,10,12,16-17H2,1H3.